The number of benzene rings is 1. The van der Waals surface area contributed by atoms with Crippen molar-refractivity contribution in [1.82, 2.24) is 4.31 Å². The van der Waals surface area contributed by atoms with Gasteiger partial charge in [-0.2, -0.15) is 4.31 Å². The van der Waals surface area contributed by atoms with Crippen LogP contribution in [0.2, 0.25) is 0 Å². The normalized spacial score (nSPS) is 24.2. The number of sulfonamides is 1. The van der Waals surface area contributed by atoms with Gasteiger partial charge in [0.1, 0.15) is 0 Å². The van der Waals surface area contributed by atoms with E-state index in [9.17, 15) is 21.9 Å². The van der Waals surface area contributed by atoms with Crippen LogP contribution in [-0.4, -0.2) is 56.9 Å². The third kappa shape index (κ3) is 4.30. The summed E-state index contributed by atoms with van der Waals surface area (Å²) in [5.74, 6) is 0.316. The molecule has 1 saturated heterocycles. The zero-order valence-electron chi connectivity index (χ0n) is 14.9. The molecular formula is C18H27NO5S2. The van der Waals surface area contributed by atoms with Crippen LogP contribution in [0.15, 0.2) is 29.2 Å². The monoisotopic (exact) mass is 401 g/mol. The second-order valence-corrected chi connectivity index (χ2v) is 11.4. The summed E-state index contributed by atoms with van der Waals surface area (Å²) >= 11 is 0. The Morgan fingerprint density at radius 3 is 2.23 bits per heavy atom. The van der Waals surface area contributed by atoms with Crippen LogP contribution in [0.1, 0.15) is 50.0 Å². The quantitative estimate of drug-likeness (QED) is 0.786. The van der Waals surface area contributed by atoms with Gasteiger partial charge >= 0.3 is 0 Å². The number of hydrogen-bond donors (Lipinski definition) is 1. The first-order valence-electron chi connectivity index (χ1n) is 9.26. The Bertz CT molecular complexity index is 812. The molecule has 0 unspecified atom stereocenters. The van der Waals surface area contributed by atoms with Gasteiger partial charge in [0.2, 0.25) is 10.0 Å². The molecule has 3 rings (SSSR count). The lowest BCUT2D eigenvalue weighted by atomic mass is 9.84. The Kier molecular flexibility index (Phi) is 6.06. The van der Waals surface area contributed by atoms with Crippen LogP contribution >= 0.6 is 0 Å². The van der Waals surface area contributed by atoms with Crippen molar-refractivity contribution in [2.75, 3.05) is 24.7 Å². The fraction of sp³-hybridized carbons (Fsp3) is 0.667. The molecule has 8 heteroatoms. The maximum Gasteiger partial charge on any atom is 0.243 e. The highest BCUT2D eigenvalue weighted by atomic mass is 32.2. The number of aliphatic hydroxyl groups excluding tert-OH is 1. The maximum atomic E-state index is 13.0. The van der Waals surface area contributed by atoms with Gasteiger partial charge in [0, 0.05) is 12.6 Å². The number of hydrogen-bond acceptors (Lipinski definition) is 5. The molecule has 1 aliphatic carbocycles. The third-order valence-electron chi connectivity index (χ3n) is 5.50. The molecule has 0 bridgehead atoms. The summed E-state index contributed by atoms with van der Waals surface area (Å²) in [4.78, 5) is 0.162. The Morgan fingerprint density at radius 1 is 1.04 bits per heavy atom. The van der Waals surface area contributed by atoms with Gasteiger partial charge in [-0.05, 0) is 42.9 Å². The smallest absolute Gasteiger partial charge is 0.243 e. The summed E-state index contributed by atoms with van der Waals surface area (Å²) in [6.07, 6.45) is 6.26. The molecule has 26 heavy (non-hydrogen) atoms. The van der Waals surface area contributed by atoms with Crippen molar-refractivity contribution in [3.63, 3.8) is 0 Å². The molecule has 0 amide bonds. The molecule has 0 radical (unpaired) electrons. The van der Waals surface area contributed by atoms with Crippen molar-refractivity contribution in [2.24, 2.45) is 0 Å². The first-order valence-corrected chi connectivity index (χ1v) is 12.5. The van der Waals surface area contributed by atoms with Crippen LogP contribution in [-0.2, 0) is 19.9 Å². The minimum absolute atomic E-state index is 0.00423. The van der Waals surface area contributed by atoms with Crippen LogP contribution in [0.5, 0.6) is 0 Å². The molecule has 0 spiro atoms. The molecule has 1 N–H and O–H groups in total. The molecular weight excluding hydrogens is 374 g/mol. The number of sulfone groups is 1. The lowest BCUT2D eigenvalue weighted by molar-refractivity contribution is 0.232. The van der Waals surface area contributed by atoms with Crippen LogP contribution in [0.3, 0.4) is 0 Å². The van der Waals surface area contributed by atoms with E-state index in [1.54, 1.807) is 12.1 Å². The second-order valence-electron chi connectivity index (χ2n) is 7.30. The molecule has 2 fully saturated rings. The minimum atomic E-state index is -3.84. The molecule has 1 saturated carbocycles. The molecule has 2 aliphatic rings. The van der Waals surface area contributed by atoms with Crippen LogP contribution in [0.4, 0.5) is 0 Å². The fourth-order valence-corrected chi connectivity index (χ4v) is 7.55. The molecule has 0 aromatic heterocycles. The maximum absolute atomic E-state index is 13.0. The van der Waals surface area contributed by atoms with E-state index >= 15 is 0 Å². The Balaban J connectivity index is 1.82. The highest BCUT2D eigenvalue weighted by Gasteiger charge is 2.38. The van der Waals surface area contributed by atoms with Crippen molar-refractivity contribution in [2.45, 2.75) is 55.4 Å². The summed E-state index contributed by atoms with van der Waals surface area (Å²) in [7, 11) is -7.05. The van der Waals surface area contributed by atoms with Gasteiger partial charge < -0.3 is 5.11 Å². The lowest BCUT2D eigenvalue weighted by Gasteiger charge is -2.27. The van der Waals surface area contributed by atoms with Crippen molar-refractivity contribution in [3.05, 3.63) is 29.8 Å². The van der Waals surface area contributed by atoms with Crippen molar-refractivity contribution in [1.29, 1.82) is 0 Å². The largest absolute Gasteiger partial charge is 0.395 e. The van der Waals surface area contributed by atoms with Crippen molar-refractivity contribution >= 4 is 19.9 Å². The van der Waals surface area contributed by atoms with E-state index in [4.69, 9.17) is 0 Å². The third-order valence-corrected chi connectivity index (χ3v) is 9.22. The van der Waals surface area contributed by atoms with Gasteiger partial charge in [0.15, 0.2) is 9.84 Å². The summed E-state index contributed by atoms with van der Waals surface area (Å²) in [5.41, 5.74) is 1.17. The Hall–Kier alpha value is -0.960. The second kappa shape index (κ2) is 7.96. The van der Waals surface area contributed by atoms with Gasteiger partial charge in [-0.3, -0.25) is 0 Å². The zero-order chi connectivity index (χ0) is 18.8. The summed E-state index contributed by atoms with van der Waals surface area (Å²) < 4.78 is 50.7. The van der Waals surface area contributed by atoms with Gasteiger partial charge in [0.05, 0.1) is 23.0 Å². The first kappa shape index (κ1) is 19.8. The number of rotatable bonds is 6. The number of nitrogens with zero attached hydrogens (tertiary/aromatic N) is 1. The van der Waals surface area contributed by atoms with Crippen molar-refractivity contribution in [3.8, 4) is 0 Å². The summed E-state index contributed by atoms with van der Waals surface area (Å²) in [6, 6.07) is 6.40. The van der Waals surface area contributed by atoms with Crippen LogP contribution in [0.25, 0.3) is 0 Å². The summed E-state index contributed by atoms with van der Waals surface area (Å²) in [6.45, 7) is -0.428. The van der Waals surface area contributed by atoms with Crippen molar-refractivity contribution < 1.29 is 21.9 Å². The highest BCUT2D eigenvalue weighted by molar-refractivity contribution is 7.92. The van der Waals surface area contributed by atoms with Crippen LogP contribution in [0, 0.1) is 0 Å². The zero-order valence-corrected chi connectivity index (χ0v) is 16.5. The topological polar surface area (TPSA) is 91.8 Å². The first-order chi connectivity index (χ1) is 12.3. The van der Waals surface area contributed by atoms with E-state index in [0.717, 1.165) is 17.1 Å². The molecule has 146 valence electrons. The van der Waals surface area contributed by atoms with Gasteiger partial charge in [0.25, 0.3) is 0 Å². The van der Waals surface area contributed by atoms with Gasteiger partial charge in [-0.1, -0.05) is 31.4 Å². The van der Waals surface area contributed by atoms with Gasteiger partial charge in [-0.15, -0.1) is 0 Å². The Labute approximate surface area is 156 Å². The molecule has 1 aliphatic heterocycles. The number of aliphatic hydroxyl groups is 1. The molecule has 1 atom stereocenters. The average molecular weight is 402 g/mol. The SMILES string of the molecule is O=S1(=O)CC[C@H](N(CCO)S(=O)(=O)c2ccc(C3CCCCC3)cc2)C1. The molecule has 1 aromatic rings. The van der Waals surface area contributed by atoms with E-state index in [-0.39, 0.29) is 36.0 Å². The van der Waals surface area contributed by atoms with E-state index in [2.05, 4.69) is 0 Å². The lowest BCUT2D eigenvalue weighted by Crippen LogP contribution is -2.42. The van der Waals surface area contributed by atoms with Crippen LogP contribution < -0.4 is 0 Å². The van der Waals surface area contributed by atoms with E-state index in [0.29, 0.717) is 5.92 Å². The predicted octanol–water partition coefficient (Wildman–Crippen LogP) is 1.90. The highest BCUT2D eigenvalue weighted by Crippen LogP contribution is 2.33. The minimum Gasteiger partial charge on any atom is -0.395 e. The summed E-state index contributed by atoms with van der Waals surface area (Å²) in [5, 5.41) is 9.30. The van der Waals surface area contributed by atoms with E-state index < -0.39 is 25.9 Å². The fourth-order valence-electron chi connectivity index (χ4n) is 4.08. The Morgan fingerprint density at radius 2 is 1.69 bits per heavy atom. The van der Waals surface area contributed by atoms with E-state index in [1.807, 2.05) is 12.1 Å². The molecule has 1 aromatic carbocycles. The molecule has 6 nitrogen and oxygen atoms in total. The standard InChI is InChI=1S/C18H27NO5S2/c20-12-11-19(17-10-13-25(21,22)14-17)26(23,24)18-8-6-16(7-9-18)15-4-2-1-3-5-15/h6-9,15,17,20H,1-5,10-14H2/t17-/m0/s1. The van der Waals surface area contributed by atoms with E-state index in [1.165, 1.54) is 24.8 Å². The predicted molar refractivity (Wildman–Crippen MR) is 100 cm³/mol. The van der Waals surface area contributed by atoms with Gasteiger partial charge in [-0.25, -0.2) is 16.8 Å². The average Bonchev–Trinajstić information content (AvgIpc) is 2.99. The molecule has 1 heterocycles.